The Hall–Kier alpha value is -0.700. The zero-order valence-electron chi connectivity index (χ0n) is 7.07. The Morgan fingerprint density at radius 1 is 1.60 bits per heavy atom. The van der Waals surface area contributed by atoms with E-state index in [-0.39, 0.29) is 4.84 Å². The van der Waals surface area contributed by atoms with E-state index in [4.69, 9.17) is 16.6 Å². The summed E-state index contributed by atoms with van der Waals surface area (Å²) in [7, 11) is 0. The fourth-order valence-electron chi connectivity index (χ4n) is 1.17. The van der Waals surface area contributed by atoms with Gasteiger partial charge in [0, 0.05) is 17.0 Å². The molecule has 0 spiro atoms. The molecule has 0 radical (unpaired) electrons. The minimum absolute atomic E-state index is 0.242. The van der Waals surface area contributed by atoms with E-state index in [0.717, 1.165) is 0 Å². The van der Waals surface area contributed by atoms with Crippen LogP contribution in [0, 0.1) is 4.84 Å². The molecule has 0 bridgehead atoms. The fraction of sp³-hybridized carbons (Fsp3) is 0. The summed E-state index contributed by atoms with van der Waals surface area (Å²) in [5, 5.41) is 0. The highest BCUT2D eigenvalue weighted by Crippen LogP contribution is 2.28. The van der Waals surface area contributed by atoms with Gasteiger partial charge in [-0.15, -0.1) is 0 Å². The Labute approximate surface area is 100 Å². The summed E-state index contributed by atoms with van der Waals surface area (Å²) in [6.45, 7) is 0. The largest absolute Gasteiger partial charge is 0.755 e. The van der Waals surface area contributed by atoms with Crippen LogP contribution < -0.4 is 4.72 Å². The molecule has 1 aromatic heterocycles. The van der Waals surface area contributed by atoms with Gasteiger partial charge in [-0.1, -0.05) is 0 Å². The van der Waals surface area contributed by atoms with Gasteiger partial charge in [0.05, 0.1) is 9.99 Å². The smallest absolute Gasteiger partial charge is 0.266 e. The summed E-state index contributed by atoms with van der Waals surface area (Å²) in [5.74, 6) is 0. The van der Waals surface area contributed by atoms with Gasteiger partial charge in [-0.05, 0) is 40.3 Å². The lowest BCUT2D eigenvalue weighted by Gasteiger charge is -2.08. The topological polar surface area (TPSA) is 81.1 Å². The van der Waals surface area contributed by atoms with Crippen LogP contribution in [0.15, 0.2) is 21.0 Å². The van der Waals surface area contributed by atoms with Crippen molar-refractivity contribution >= 4 is 56.2 Å². The number of benzene rings is 1. The SMILES string of the molecule is O=S([O-])Nc1cc(Br)c2oc(=S)[nH]c2c1. The molecule has 8 heteroatoms. The molecule has 0 saturated heterocycles. The molecule has 2 rings (SSSR count). The Morgan fingerprint density at radius 3 is 3.00 bits per heavy atom. The second-order valence-electron chi connectivity index (χ2n) is 2.69. The summed E-state index contributed by atoms with van der Waals surface area (Å²) in [6, 6.07) is 3.18. The second-order valence-corrected chi connectivity index (χ2v) is 4.58. The predicted octanol–water partition coefficient (Wildman–Crippen LogP) is 2.46. The molecule has 80 valence electrons. The highest BCUT2D eigenvalue weighted by molar-refractivity contribution is 9.10. The van der Waals surface area contributed by atoms with Crippen LogP contribution in [0.5, 0.6) is 0 Å². The molecule has 0 aliphatic carbocycles. The van der Waals surface area contributed by atoms with Crippen LogP contribution >= 0.6 is 28.1 Å². The van der Waals surface area contributed by atoms with Gasteiger partial charge in [-0.2, -0.15) is 0 Å². The molecule has 2 N–H and O–H groups in total. The van der Waals surface area contributed by atoms with Crippen LogP contribution in [0.4, 0.5) is 5.69 Å². The van der Waals surface area contributed by atoms with Gasteiger partial charge in [0.25, 0.3) is 4.84 Å². The van der Waals surface area contributed by atoms with Gasteiger partial charge in [-0.3, -0.25) is 4.21 Å². The number of hydrogen-bond donors (Lipinski definition) is 2. The van der Waals surface area contributed by atoms with Crippen molar-refractivity contribution in [3.8, 4) is 0 Å². The highest BCUT2D eigenvalue weighted by atomic mass is 79.9. The van der Waals surface area contributed by atoms with Gasteiger partial charge < -0.3 is 18.7 Å². The molecule has 5 nitrogen and oxygen atoms in total. The average Bonchev–Trinajstić information content (AvgIpc) is 2.44. The van der Waals surface area contributed by atoms with Crippen molar-refractivity contribution in [2.75, 3.05) is 4.72 Å². The molecule has 0 amide bonds. The summed E-state index contributed by atoms with van der Waals surface area (Å²) in [5.41, 5.74) is 1.61. The Kier molecular flexibility index (Phi) is 2.91. The number of halogens is 1. The molecule has 1 heterocycles. The van der Waals surface area contributed by atoms with Crippen LogP contribution in [-0.2, 0) is 11.3 Å². The first-order chi connectivity index (χ1) is 7.06. The van der Waals surface area contributed by atoms with E-state index in [9.17, 15) is 8.76 Å². The van der Waals surface area contributed by atoms with Gasteiger partial charge in [-0.25, -0.2) is 0 Å². The molecule has 1 unspecified atom stereocenters. The third-order valence-corrected chi connectivity index (χ3v) is 2.85. The molecule has 0 saturated carbocycles. The standard InChI is InChI=1S/C7H5BrN2O3S2/c8-4-1-3(10-15(11)12)2-5-6(4)13-7(14)9-5/h1-2,10H,(H,9,14)(H,11,12)/p-1. The quantitative estimate of drug-likeness (QED) is 0.659. The monoisotopic (exact) mass is 307 g/mol. The van der Waals surface area contributed by atoms with Crippen molar-refractivity contribution in [3.05, 3.63) is 21.4 Å². The van der Waals surface area contributed by atoms with Gasteiger partial charge in [0.1, 0.15) is 0 Å². The Bertz CT molecular complexity index is 591. The minimum Gasteiger partial charge on any atom is -0.755 e. The summed E-state index contributed by atoms with van der Waals surface area (Å²) < 4.78 is 28.9. The predicted molar refractivity (Wildman–Crippen MR) is 61.6 cm³/mol. The molecule has 15 heavy (non-hydrogen) atoms. The van der Waals surface area contributed by atoms with Gasteiger partial charge in [0.15, 0.2) is 5.58 Å². The van der Waals surface area contributed by atoms with Crippen LogP contribution in [0.1, 0.15) is 0 Å². The van der Waals surface area contributed by atoms with Crippen molar-refractivity contribution < 1.29 is 13.2 Å². The number of aromatic amines is 1. The molecule has 2 aromatic rings. The molecule has 1 aromatic carbocycles. The fourth-order valence-corrected chi connectivity index (χ4v) is 2.22. The molecule has 1 atom stereocenters. The maximum absolute atomic E-state index is 10.4. The maximum atomic E-state index is 10.4. The number of aromatic nitrogens is 1. The van der Waals surface area contributed by atoms with Crippen molar-refractivity contribution in [2.45, 2.75) is 0 Å². The van der Waals surface area contributed by atoms with Crippen molar-refractivity contribution in [2.24, 2.45) is 0 Å². The summed E-state index contributed by atoms with van der Waals surface area (Å²) >= 11 is 5.72. The molecular formula is C7H4BrN2O3S2-. The Morgan fingerprint density at radius 2 is 2.33 bits per heavy atom. The van der Waals surface area contributed by atoms with E-state index >= 15 is 0 Å². The van der Waals surface area contributed by atoms with Crippen molar-refractivity contribution in [1.82, 2.24) is 4.98 Å². The first-order valence-electron chi connectivity index (χ1n) is 3.74. The van der Waals surface area contributed by atoms with Crippen LogP contribution in [0.3, 0.4) is 0 Å². The number of oxazole rings is 1. The van der Waals surface area contributed by atoms with E-state index in [0.29, 0.717) is 21.3 Å². The van der Waals surface area contributed by atoms with Crippen molar-refractivity contribution in [3.63, 3.8) is 0 Å². The zero-order chi connectivity index (χ0) is 11.0. The van der Waals surface area contributed by atoms with Crippen LogP contribution in [0.2, 0.25) is 0 Å². The highest BCUT2D eigenvalue weighted by Gasteiger charge is 2.06. The number of rotatable bonds is 2. The lowest BCUT2D eigenvalue weighted by Crippen LogP contribution is -2.01. The van der Waals surface area contributed by atoms with E-state index < -0.39 is 11.3 Å². The van der Waals surface area contributed by atoms with E-state index in [1.807, 2.05) is 0 Å². The molecule has 0 aliphatic heterocycles. The number of hydrogen-bond acceptors (Lipinski definition) is 4. The maximum Gasteiger partial charge on any atom is 0.266 e. The molecule has 0 aliphatic rings. The van der Waals surface area contributed by atoms with Crippen molar-refractivity contribution in [1.29, 1.82) is 0 Å². The second kappa shape index (κ2) is 4.05. The number of H-pyrrole nitrogens is 1. The van der Waals surface area contributed by atoms with E-state index in [2.05, 4.69) is 25.6 Å². The minimum atomic E-state index is -2.35. The lowest BCUT2D eigenvalue weighted by molar-refractivity contribution is 0.542. The zero-order valence-corrected chi connectivity index (χ0v) is 10.3. The number of nitrogens with one attached hydrogen (secondary N) is 2. The number of anilines is 1. The number of fused-ring (bicyclic) bond motifs is 1. The third kappa shape index (κ3) is 2.28. The average molecular weight is 308 g/mol. The third-order valence-electron chi connectivity index (χ3n) is 1.68. The van der Waals surface area contributed by atoms with Gasteiger partial charge in [0.2, 0.25) is 0 Å². The normalized spacial score (nSPS) is 12.9. The van der Waals surface area contributed by atoms with Crippen LogP contribution in [0.25, 0.3) is 11.1 Å². The summed E-state index contributed by atoms with van der Waals surface area (Å²) in [6.07, 6.45) is 0. The lowest BCUT2D eigenvalue weighted by atomic mass is 10.3. The van der Waals surface area contributed by atoms with E-state index in [1.54, 1.807) is 12.1 Å². The Balaban J connectivity index is 2.61. The molecular weight excluding hydrogens is 304 g/mol. The molecule has 0 fully saturated rings. The van der Waals surface area contributed by atoms with E-state index in [1.165, 1.54) is 0 Å². The first kappa shape index (κ1) is 10.8. The van der Waals surface area contributed by atoms with Gasteiger partial charge >= 0.3 is 0 Å². The summed E-state index contributed by atoms with van der Waals surface area (Å²) in [4.78, 5) is 3.03. The first-order valence-corrected chi connectivity index (χ1v) is 6.02. The van der Waals surface area contributed by atoms with Crippen LogP contribution in [-0.4, -0.2) is 13.7 Å².